The minimum absolute atomic E-state index is 0.0487. The first-order valence-corrected chi connectivity index (χ1v) is 12.8. The molecule has 0 amide bonds. The number of aromatic nitrogens is 2. The van der Waals surface area contributed by atoms with Crippen molar-refractivity contribution < 1.29 is 9.47 Å². The number of benzene rings is 2. The van der Waals surface area contributed by atoms with Crippen molar-refractivity contribution in [1.82, 2.24) is 9.55 Å². The van der Waals surface area contributed by atoms with E-state index in [4.69, 9.17) is 32.7 Å². The molecule has 4 nitrogen and oxygen atoms in total. The number of halogens is 2. The van der Waals surface area contributed by atoms with E-state index in [9.17, 15) is 0 Å². The Morgan fingerprint density at radius 2 is 1.81 bits per heavy atom. The Morgan fingerprint density at radius 1 is 1.06 bits per heavy atom. The fourth-order valence-corrected chi connectivity index (χ4v) is 5.04. The van der Waals surface area contributed by atoms with Crippen LogP contribution in [-0.2, 0) is 22.4 Å². The Kier molecular flexibility index (Phi) is 8.94. The van der Waals surface area contributed by atoms with Crippen LogP contribution in [0.4, 0.5) is 0 Å². The highest BCUT2D eigenvalue weighted by atomic mass is 35.5. The topological polar surface area (TPSA) is 36.3 Å². The van der Waals surface area contributed by atoms with E-state index in [1.54, 1.807) is 18.0 Å². The molecule has 32 heavy (non-hydrogen) atoms. The summed E-state index contributed by atoms with van der Waals surface area (Å²) >= 11 is 13.8. The smallest absolute Gasteiger partial charge is 0.158 e. The van der Waals surface area contributed by atoms with Crippen molar-refractivity contribution in [1.29, 1.82) is 0 Å². The van der Waals surface area contributed by atoms with Gasteiger partial charge in [0, 0.05) is 39.6 Å². The van der Waals surface area contributed by atoms with Crippen molar-refractivity contribution in [3.05, 3.63) is 82.9 Å². The van der Waals surface area contributed by atoms with Gasteiger partial charge in [0.15, 0.2) is 6.29 Å². The first kappa shape index (κ1) is 23.7. The predicted molar refractivity (Wildman–Crippen MR) is 132 cm³/mol. The van der Waals surface area contributed by atoms with E-state index in [1.165, 1.54) is 10.5 Å². The highest BCUT2D eigenvalue weighted by molar-refractivity contribution is 7.99. The Hall–Kier alpha value is -1.50. The molecule has 2 heterocycles. The van der Waals surface area contributed by atoms with E-state index in [-0.39, 0.29) is 18.5 Å². The normalized spacial score (nSPS) is 19.7. The average Bonchev–Trinajstić information content (AvgIpc) is 3.32. The molecule has 0 bridgehead atoms. The van der Waals surface area contributed by atoms with E-state index < -0.39 is 0 Å². The lowest BCUT2D eigenvalue weighted by Gasteiger charge is -2.32. The van der Waals surface area contributed by atoms with Crippen LogP contribution in [0, 0.1) is 0 Å². The summed E-state index contributed by atoms with van der Waals surface area (Å²) in [6.07, 6.45) is 10.6. The fourth-order valence-electron chi connectivity index (χ4n) is 3.83. The van der Waals surface area contributed by atoms with Crippen LogP contribution in [0.5, 0.6) is 0 Å². The van der Waals surface area contributed by atoms with E-state index in [0.29, 0.717) is 0 Å². The van der Waals surface area contributed by atoms with Gasteiger partial charge in [-0.1, -0.05) is 35.3 Å². The van der Waals surface area contributed by atoms with E-state index >= 15 is 0 Å². The zero-order valence-corrected chi connectivity index (χ0v) is 20.2. The van der Waals surface area contributed by atoms with Gasteiger partial charge < -0.3 is 14.0 Å². The van der Waals surface area contributed by atoms with Crippen molar-refractivity contribution in [2.24, 2.45) is 0 Å². The molecule has 3 aromatic rings. The minimum Gasteiger partial charge on any atom is -0.349 e. The maximum atomic E-state index is 6.48. The summed E-state index contributed by atoms with van der Waals surface area (Å²) in [5.41, 5.74) is 1.26. The van der Waals surface area contributed by atoms with Gasteiger partial charge >= 0.3 is 0 Å². The van der Waals surface area contributed by atoms with Crippen molar-refractivity contribution >= 4 is 35.0 Å². The quantitative estimate of drug-likeness (QED) is 0.289. The van der Waals surface area contributed by atoms with Crippen molar-refractivity contribution in [3.63, 3.8) is 0 Å². The van der Waals surface area contributed by atoms with Gasteiger partial charge in [-0.3, -0.25) is 0 Å². The Morgan fingerprint density at radius 3 is 2.53 bits per heavy atom. The SMILES string of the molecule is Clc1ccc(CCC(Cn2ccnc2)OC2CCCC(CSc3ccc(Cl)cc3)O2)cc1. The summed E-state index contributed by atoms with van der Waals surface area (Å²) in [6.45, 7) is 0.762. The third-order valence-electron chi connectivity index (χ3n) is 5.55. The summed E-state index contributed by atoms with van der Waals surface area (Å²) < 4.78 is 14.9. The van der Waals surface area contributed by atoms with E-state index in [1.807, 2.05) is 36.8 Å². The molecule has 1 saturated heterocycles. The molecule has 170 valence electrons. The lowest BCUT2D eigenvalue weighted by molar-refractivity contribution is -0.212. The summed E-state index contributed by atoms with van der Waals surface area (Å²) in [4.78, 5) is 5.38. The Labute approximate surface area is 204 Å². The molecular formula is C25H28Cl2N2O2S. The van der Waals surface area contributed by atoms with Crippen LogP contribution in [0.25, 0.3) is 0 Å². The number of ether oxygens (including phenoxy) is 2. The second kappa shape index (κ2) is 12.1. The molecule has 0 radical (unpaired) electrons. The van der Waals surface area contributed by atoms with Gasteiger partial charge in [-0.15, -0.1) is 11.8 Å². The lowest BCUT2D eigenvalue weighted by atomic mass is 10.1. The summed E-state index contributed by atoms with van der Waals surface area (Å²) in [7, 11) is 0. The molecule has 7 heteroatoms. The van der Waals surface area contributed by atoms with Crippen LogP contribution < -0.4 is 0 Å². The van der Waals surface area contributed by atoms with Crippen LogP contribution >= 0.6 is 35.0 Å². The van der Waals surface area contributed by atoms with Gasteiger partial charge in [-0.05, 0) is 74.1 Å². The van der Waals surface area contributed by atoms with Crippen LogP contribution in [0.3, 0.4) is 0 Å². The molecule has 1 fully saturated rings. The van der Waals surface area contributed by atoms with Gasteiger partial charge in [0.05, 0.1) is 18.5 Å². The third-order valence-corrected chi connectivity index (χ3v) is 7.19. The predicted octanol–water partition coefficient (Wildman–Crippen LogP) is 6.90. The van der Waals surface area contributed by atoms with Gasteiger partial charge in [-0.25, -0.2) is 4.98 Å². The lowest BCUT2D eigenvalue weighted by Crippen LogP contribution is -2.35. The van der Waals surface area contributed by atoms with Crippen LogP contribution in [0.15, 0.2) is 72.1 Å². The van der Waals surface area contributed by atoms with Gasteiger partial charge in [0.2, 0.25) is 0 Å². The van der Waals surface area contributed by atoms with Gasteiger partial charge in [-0.2, -0.15) is 0 Å². The maximum absolute atomic E-state index is 6.48. The number of aryl methyl sites for hydroxylation is 1. The number of hydrogen-bond acceptors (Lipinski definition) is 4. The van der Waals surface area contributed by atoms with Gasteiger partial charge in [0.1, 0.15) is 0 Å². The molecule has 0 aliphatic carbocycles. The van der Waals surface area contributed by atoms with Crippen LogP contribution in [0.2, 0.25) is 10.0 Å². The van der Waals surface area contributed by atoms with Crippen LogP contribution in [-0.4, -0.2) is 33.8 Å². The number of hydrogen-bond donors (Lipinski definition) is 0. The monoisotopic (exact) mass is 490 g/mol. The highest BCUT2D eigenvalue weighted by Gasteiger charge is 2.26. The van der Waals surface area contributed by atoms with Crippen molar-refractivity contribution in [3.8, 4) is 0 Å². The number of thioether (sulfide) groups is 1. The summed E-state index contributed by atoms with van der Waals surface area (Å²) in [6, 6.07) is 16.0. The Bertz CT molecular complexity index is 936. The first-order chi connectivity index (χ1) is 15.6. The molecular weight excluding hydrogens is 463 g/mol. The van der Waals surface area contributed by atoms with E-state index in [0.717, 1.165) is 54.4 Å². The number of imidazole rings is 1. The molecule has 4 rings (SSSR count). The zero-order chi connectivity index (χ0) is 22.2. The maximum Gasteiger partial charge on any atom is 0.158 e. The second-order valence-electron chi connectivity index (χ2n) is 8.07. The minimum atomic E-state index is -0.168. The molecule has 0 spiro atoms. The van der Waals surface area contributed by atoms with Gasteiger partial charge in [0.25, 0.3) is 0 Å². The van der Waals surface area contributed by atoms with E-state index in [2.05, 4.69) is 33.8 Å². The largest absolute Gasteiger partial charge is 0.349 e. The Balaban J connectivity index is 1.31. The van der Waals surface area contributed by atoms with Crippen molar-refractivity contribution in [2.75, 3.05) is 5.75 Å². The number of nitrogens with zero attached hydrogens (tertiary/aromatic N) is 2. The molecule has 1 aliphatic rings. The summed E-state index contributed by atoms with van der Waals surface area (Å²) in [5, 5.41) is 1.53. The summed E-state index contributed by atoms with van der Waals surface area (Å²) in [5.74, 6) is 0.915. The molecule has 2 aromatic carbocycles. The molecule has 3 unspecified atom stereocenters. The third kappa shape index (κ3) is 7.53. The molecule has 3 atom stereocenters. The molecule has 0 saturated carbocycles. The van der Waals surface area contributed by atoms with Crippen LogP contribution in [0.1, 0.15) is 31.2 Å². The standard InChI is InChI=1S/C25H28Cl2N2O2S/c26-20-7-4-19(5-8-20)6-11-22(16-29-15-14-28-18-29)30-25-3-1-2-23(31-25)17-32-24-12-9-21(27)10-13-24/h4-5,7-10,12-15,18,22-23,25H,1-3,6,11,16-17H2. The average molecular weight is 491 g/mol. The fraction of sp³-hybridized carbons (Fsp3) is 0.400. The number of rotatable bonds is 10. The molecule has 1 aromatic heterocycles. The molecule has 1 aliphatic heterocycles. The van der Waals surface area contributed by atoms with Crippen molar-refractivity contribution in [2.45, 2.75) is 62.0 Å². The first-order valence-electron chi connectivity index (χ1n) is 11.0. The zero-order valence-electron chi connectivity index (χ0n) is 17.9. The second-order valence-corrected chi connectivity index (χ2v) is 10.0. The molecule has 0 N–H and O–H groups in total. The highest BCUT2D eigenvalue weighted by Crippen LogP contribution is 2.28.